The van der Waals surface area contributed by atoms with Crippen molar-refractivity contribution < 1.29 is 0 Å². The summed E-state index contributed by atoms with van der Waals surface area (Å²) in [5, 5.41) is 7.41. The summed E-state index contributed by atoms with van der Waals surface area (Å²) in [4.78, 5) is 13.5. The van der Waals surface area contributed by atoms with Crippen LogP contribution in [0.25, 0.3) is 0 Å². The van der Waals surface area contributed by atoms with E-state index in [9.17, 15) is 0 Å². The van der Waals surface area contributed by atoms with Crippen molar-refractivity contribution in [1.82, 2.24) is 20.5 Å². The summed E-state index contributed by atoms with van der Waals surface area (Å²) in [5.41, 5.74) is 2.23. The molecule has 2 aromatic rings. The predicted molar refractivity (Wildman–Crippen MR) is 112 cm³/mol. The summed E-state index contributed by atoms with van der Waals surface area (Å²) >= 11 is 6.21. The van der Waals surface area contributed by atoms with E-state index in [2.05, 4.69) is 43.5 Å². The standard InChI is InChI=1S/C20H27ClN6/c1-22-20(25-15-17-5-3-4-6-18(17)21)24-14-16-7-8-23-19(13-16)27-11-9-26(2)10-12-27/h3-8,13H,9-12,14-15H2,1-2H3,(H2,22,24,25). The van der Waals surface area contributed by atoms with E-state index >= 15 is 0 Å². The van der Waals surface area contributed by atoms with Crippen LogP contribution in [0.3, 0.4) is 0 Å². The number of guanidine groups is 1. The van der Waals surface area contributed by atoms with E-state index in [0.29, 0.717) is 13.1 Å². The van der Waals surface area contributed by atoms with Crippen LogP contribution in [0.15, 0.2) is 47.6 Å². The Hall–Kier alpha value is -2.31. The van der Waals surface area contributed by atoms with Crippen LogP contribution in [-0.2, 0) is 13.1 Å². The average Bonchev–Trinajstić information content (AvgIpc) is 2.70. The molecule has 2 heterocycles. The molecule has 0 amide bonds. The van der Waals surface area contributed by atoms with E-state index in [4.69, 9.17) is 11.6 Å². The van der Waals surface area contributed by atoms with Crippen molar-refractivity contribution in [3.63, 3.8) is 0 Å². The molecule has 1 aliphatic rings. The number of rotatable bonds is 5. The van der Waals surface area contributed by atoms with Crippen LogP contribution in [0, 0.1) is 0 Å². The summed E-state index contributed by atoms with van der Waals surface area (Å²) < 4.78 is 0. The topological polar surface area (TPSA) is 55.8 Å². The molecule has 3 rings (SSSR count). The molecule has 1 aromatic heterocycles. The van der Waals surface area contributed by atoms with Crippen LogP contribution in [0.5, 0.6) is 0 Å². The van der Waals surface area contributed by atoms with Gasteiger partial charge in [0.15, 0.2) is 5.96 Å². The molecule has 0 radical (unpaired) electrons. The Kier molecular flexibility index (Phi) is 6.90. The first-order valence-electron chi connectivity index (χ1n) is 9.22. The van der Waals surface area contributed by atoms with Crippen LogP contribution in [-0.4, -0.2) is 56.1 Å². The maximum atomic E-state index is 6.21. The number of nitrogens with zero attached hydrogens (tertiary/aromatic N) is 4. The largest absolute Gasteiger partial charge is 0.354 e. The molecule has 0 atom stereocenters. The molecule has 144 valence electrons. The average molecular weight is 387 g/mol. The molecule has 1 aromatic carbocycles. The third kappa shape index (κ3) is 5.58. The summed E-state index contributed by atoms with van der Waals surface area (Å²) in [7, 11) is 3.93. The molecule has 1 aliphatic heterocycles. The van der Waals surface area contributed by atoms with Crippen molar-refractivity contribution in [2.45, 2.75) is 13.1 Å². The van der Waals surface area contributed by atoms with Crippen LogP contribution in [0.1, 0.15) is 11.1 Å². The molecule has 27 heavy (non-hydrogen) atoms. The molecular formula is C20H27ClN6. The first kappa shape index (κ1) is 19.5. The molecule has 7 heteroatoms. The van der Waals surface area contributed by atoms with Gasteiger partial charge in [-0.2, -0.15) is 0 Å². The number of aromatic nitrogens is 1. The zero-order chi connectivity index (χ0) is 19.1. The van der Waals surface area contributed by atoms with Crippen molar-refractivity contribution in [2.24, 2.45) is 4.99 Å². The molecule has 0 unspecified atom stereocenters. The van der Waals surface area contributed by atoms with Gasteiger partial charge in [-0.15, -0.1) is 0 Å². The highest BCUT2D eigenvalue weighted by Gasteiger charge is 2.15. The van der Waals surface area contributed by atoms with Crippen molar-refractivity contribution in [3.05, 3.63) is 58.7 Å². The van der Waals surface area contributed by atoms with Gasteiger partial charge >= 0.3 is 0 Å². The van der Waals surface area contributed by atoms with Crippen molar-refractivity contribution in [2.75, 3.05) is 45.2 Å². The molecule has 0 bridgehead atoms. The second-order valence-corrected chi connectivity index (χ2v) is 7.09. The SMILES string of the molecule is CN=C(NCc1ccnc(N2CCN(C)CC2)c1)NCc1ccccc1Cl. The van der Waals surface area contributed by atoms with Crippen LogP contribution in [0.2, 0.25) is 5.02 Å². The molecule has 0 spiro atoms. The van der Waals surface area contributed by atoms with Gasteiger partial charge in [0.25, 0.3) is 0 Å². The molecule has 0 saturated carbocycles. The normalized spacial score (nSPS) is 15.7. The van der Waals surface area contributed by atoms with Gasteiger partial charge in [-0.25, -0.2) is 4.98 Å². The van der Waals surface area contributed by atoms with E-state index in [0.717, 1.165) is 48.5 Å². The highest BCUT2D eigenvalue weighted by molar-refractivity contribution is 6.31. The second kappa shape index (κ2) is 9.58. The lowest BCUT2D eigenvalue weighted by Gasteiger charge is -2.33. The maximum Gasteiger partial charge on any atom is 0.191 e. The highest BCUT2D eigenvalue weighted by atomic mass is 35.5. The number of anilines is 1. The highest BCUT2D eigenvalue weighted by Crippen LogP contribution is 2.15. The first-order chi connectivity index (χ1) is 13.2. The van der Waals surface area contributed by atoms with Crippen LogP contribution < -0.4 is 15.5 Å². The lowest BCUT2D eigenvalue weighted by atomic mass is 10.2. The molecule has 0 aliphatic carbocycles. The third-order valence-corrected chi connectivity index (χ3v) is 5.09. The van der Waals surface area contributed by atoms with Crippen LogP contribution >= 0.6 is 11.6 Å². The van der Waals surface area contributed by atoms with E-state index in [1.165, 1.54) is 5.56 Å². The lowest BCUT2D eigenvalue weighted by Crippen LogP contribution is -2.44. The number of benzene rings is 1. The van der Waals surface area contributed by atoms with Gasteiger partial charge in [-0.1, -0.05) is 29.8 Å². The number of likely N-dealkylation sites (N-methyl/N-ethyl adjacent to an activating group) is 1. The van der Waals surface area contributed by atoms with Gasteiger partial charge in [0.2, 0.25) is 0 Å². The fourth-order valence-corrected chi connectivity index (χ4v) is 3.21. The van der Waals surface area contributed by atoms with Crippen molar-refractivity contribution in [1.29, 1.82) is 0 Å². The number of hydrogen-bond donors (Lipinski definition) is 2. The fraction of sp³-hybridized carbons (Fsp3) is 0.400. The number of aliphatic imine (C=N–C) groups is 1. The summed E-state index contributed by atoms with van der Waals surface area (Å²) in [6.07, 6.45) is 1.88. The monoisotopic (exact) mass is 386 g/mol. The Morgan fingerprint density at radius 1 is 1.11 bits per heavy atom. The fourth-order valence-electron chi connectivity index (χ4n) is 3.01. The molecule has 1 saturated heterocycles. The zero-order valence-corrected chi connectivity index (χ0v) is 16.7. The molecular weight excluding hydrogens is 360 g/mol. The quantitative estimate of drug-likeness (QED) is 0.610. The Balaban J connectivity index is 1.54. The van der Waals surface area contributed by atoms with E-state index in [-0.39, 0.29) is 0 Å². The molecule has 1 fully saturated rings. The van der Waals surface area contributed by atoms with Crippen molar-refractivity contribution in [3.8, 4) is 0 Å². The Morgan fingerprint density at radius 2 is 1.85 bits per heavy atom. The van der Waals surface area contributed by atoms with Crippen molar-refractivity contribution >= 4 is 23.4 Å². The number of halogens is 1. The molecule has 6 nitrogen and oxygen atoms in total. The second-order valence-electron chi connectivity index (χ2n) is 6.68. The summed E-state index contributed by atoms with van der Waals surface area (Å²) in [6, 6.07) is 12.0. The predicted octanol–water partition coefficient (Wildman–Crippen LogP) is 2.35. The Labute approximate surface area is 166 Å². The van der Waals surface area contributed by atoms with Crippen LogP contribution in [0.4, 0.5) is 5.82 Å². The van der Waals surface area contributed by atoms with Gasteiger partial charge in [0.05, 0.1) is 0 Å². The zero-order valence-electron chi connectivity index (χ0n) is 16.0. The van der Waals surface area contributed by atoms with Gasteiger partial charge in [-0.05, 0) is 36.4 Å². The smallest absolute Gasteiger partial charge is 0.191 e. The van der Waals surface area contributed by atoms with E-state index in [1.807, 2.05) is 36.5 Å². The third-order valence-electron chi connectivity index (χ3n) is 4.72. The number of piperazine rings is 1. The Morgan fingerprint density at radius 3 is 2.59 bits per heavy atom. The number of hydrogen-bond acceptors (Lipinski definition) is 4. The van der Waals surface area contributed by atoms with Gasteiger partial charge < -0.3 is 20.4 Å². The van der Waals surface area contributed by atoms with Gasteiger partial charge in [0, 0.05) is 57.5 Å². The number of pyridine rings is 1. The lowest BCUT2D eigenvalue weighted by molar-refractivity contribution is 0.312. The first-order valence-corrected chi connectivity index (χ1v) is 9.60. The summed E-state index contributed by atoms with van der Waals surface area (Å²) in [6.45, 7) is 5.49. The van der Waals surface area contributed by atoms with Gasteiger partial charge in [0.1, 0.15) is 5.82 Å². The summed E-state index contributed by atoms with van der Waals surface area (Å²) in [5.74, 6) is 1.79. The van der Waals surface area contributed by atoms with E-state index < -0.39 is 0 Å². The van der Waals surface area contributed by atoms with E-state index in [1.54, 1.807) is 7.05 Å². The number of nitrogens with one attached hydrogen (secondary N) is 2. The minimum Gasteiger partial charge on any atom is -0.354 e. The maximum absolute atomic E-state index is 6.21. The minimum atomic E-state index is 0.627. The Bertz CT molecular complexity index is 771. The minimum absolute atomic E-state index is 0.627. The van der Waals surface area contributed by atoms with Gasteiger partial charge in [-0.3, -0.25) is 4.99 Å². The molecule has 2 N–H and O–H groups in total.